The molecule has 8 atom stereocenters. The lowest BCUT2D eigenvalue weighted by Crippen LogP contribution is -2.53. The van der Waals surface area contributed by atoms with E-state index in [0.717, 1.165) is 48.9 Å². The predicted molar refractivity (Wildman–Crippen MR) is 89.0 cm³/mol. The first-order valence-corrected chi connectivity index (χ1v) is 9.52. The van der Waals surface area contributed by atoms with Gasteiger partial charge < -0.3 is 0 Å². The SMILES string of the molecule is C#C[C@H]1CCC2C3CCC4CC(=O)CC[C@]4(C)C3C[C@@H](C)C21. The topological polar surface area (TPSA) is 17.1 Å². The Bertz CT molecular complexity index is 514. The van der Waals surface area contributed by atoms with Gasteiger partial charge in [-0.2, -0.15) is 0 Å². The third kappa shape index (κ3) is 1.95. The highest BCUT2D eigenvalue weighted by Gasteiger charge is 2.57. The van der Waals surface area contributed by atoms with Crippen molar-refractivity contribution in [2.24, 2.45) is 46.8 Å². The van der Waals surface area contributed by atoms with E-state index in [0.29, 0.717) is 23.0 Å². The Morgan fingerprint density at radius 3 is 2.73 bits per heavy atom. The summed E-state index contributed by atoms with van der Waals surface area (Å²) in [5.41, 5.74) is 0.435. The molecule has 0 heterocycles. The molecule has 4 rings (SSSR count). The van der Waals surface area contributed by atoms with Crippen LogP contribution in [0.4, 0.5) is 0 Å². The van der Waals surface area contributed by atoms with Crippen LogP contribution in [0.2, 0.25) is 0 Å². The maximum absolute atomic E-state index is 11.9. The number of carbonyl (C=O) groups is 1. The molecule has 0 aromatic heterocycles. The first kappa shape index (κ1) is 14.8. The van der Waals surface area contributed by atoms with E-state index in [4.69, 9.17) is 6.42 Å². The van der Waals surface area contributed by atoms with Crippen LogP contribution in [0, 0.1) is 59.2 Å². The second-order valence-corrected chi connectivity index (χ2v) is 9.10. The Hall–Kier alpha value is -0.770. The molecule has 0 spiro atoms. The number of Topliss-reactive ketones (excluding diaryl/α,β-unsaturated/α-hetero) is 1. The molecule has 4 fully saturated rings. The lowest BCUT2D eigenvalue weighted by atomic mass is 9.45. The van der Waals surface area contributed by atoms with Crippen LogP contribution in [0.15, 0.2) is 0 Å². The highest BCUT2D eigenvalue weighted by molar-refractivity contribution is 5.79. The second-order valence-electron chi connectivity index (χ2n) is 9.10. The third-order valence-corrected chi connectivity index (χ3v) is 8.38. The summed E-state index contributed by atoms with van der Waals surface area (Å²) in [5.74, 6) is 9.05. The van der Waals surface area contributed by atoms with E-state index in [-0.39, 0.29) is 0 Å². The molecule has 0 amide bonds. The maximum Gasteiger partial charge on any atom is 0.133 e. The highest BCUT2D eigenvalue weighted by Crippen LogP contribution is 2.64. The highest BCUT2D eigenvalue weighted by atomic mass is 16.1. The predicted octanol–water partition coefficient (Wildman–Crippen LogP) is 4.70. The molecule has 4 aliphatic carbocycles. The summed E-state index contributed by atoms with van der Waals surface area (Å²) in [6.07, 6.45) is 15.3. The quantitative estimate of drug-likeness (QED) is 0.592. The van der Waals surface area contributed by atoms with Crippen LogP contribution in [0.25, 0.3) is 0 Å². The molecular weight excluding hydrogens is 268 g/mol. The molecule has 1 heteroatoms. The van der Waals surface area contributed by atoms with Gasteiger partial charge >= 0.3 is 0 Å². The molecule has 4 aliphatic rings. The molecule has 0 radical (unpaired) electrons. The number of hydrogen-bond donors (Lipinski definition) is 0. The Morgan fingerprint density at radius 2 is 1.95 bits per heavy atom. The molecule has 0 aromatic carbocycles. The molecule has 4 saturated carbocycles. The van der Waals surface area contributed by atoms with Crippen molar-refractivity contribution in [2.45, 2.75) is 65.2 Å². The minimum Gasteiger partial charge on any atom is -0.300 e. The zero-order valence-electron chi connectivity index (χ0n) is 14.2. The summed E-state index contributed by atoms with van der Waals surface area (Å²) in [7, 11) is 0. The van der Waals surface area contributed by atoms with Crippen molar-refractivity contribution in [1.29, 1.82) is 0 Å². The molecule has 22 heavy (non-hydrogen) atoms. The van der Waals surface area contributed by atoms with Crippen LogP contribution in [-0.2, 0) is 4.79 Å². The van der Waals surface area contributed by atoms with Gasteiger partial charge in [-0.1, -0.05) is 13.8 Å². The molecule has 0 bridgehead atoms. The van der Waals surface area contributed by atoms with E-state index in [1.54, 1.807) is 0 Å². The van der Waals surface area contributed by atoms with Gasteiger partial charge in [-0.15, -0.1) is 12.3 Å². The van der Waals surface area contributed by atoms with Crippen LogP contribution < -0.4 is 0 Å². The van der Waals surface area contributed by atoms with Crippen molar-refractivity contribution in [2.75, 3.05) is 0 Å². The summed E-state index contributed by atoms with van der Waals surface area (Å²) >= 11 is 0. The summed E-state index contributed by atoms with van der Waals surface area (Å²) in [4.78, 5) is 11.9. The molecule has 0 aromatic rings. The average molecular weight is 298 g/mol. The molecule has 0 saturated heterocycles. The Balaban J connectivity index is 1.64. The minimum atomic E-state index is 0.435. The van der Waals surface area contributed by atoms with Crippen LogP contribution in [-0.4, -0.2) is 5.78 Å². The van der Waals surface area contributed by atoms with Crippen molar-refractivity contribution >= 4 is 5.78 Å². The van der Waals surface area contributed by atoms with E-state index in [1.807, 2.05) is 0 Å². The van der Waals surface area contributed by atoms with Crippen LogP contribution in [0.3, 0.4) is 0 Å². The van der Waals surface area contributed by atoms with E-state index in [1.165, 1.54) is 32.1 Å². The smallest absolute Gasteiger partial charge is 0.133 e. The Morgan fingerprint density at radius 1 is 1.18 bits per heavy atom. The van der Waals surface area contributed by atoms with Gasteiger partial charge in [-0.25, -0.2) is 0 Å². The normalized spacial score (nSPS) is 54.0. The van der Waals surface area contributed by atoms with Crippen LogP contribution >= 0.6 is 0 Å². The van der Waals surface area contributed by atoms with Crippen molar-refractivity contribution in [3.63, 3.8) is 0 Å². The van der Waals surface area contributed by atoms with Gasteiger partial charge in [0.25, 0.3) is 0 Å². The standard InChI is InChI=1S/C21H30O/c1-4-14-5-7-18-17-8-6-15-12-16(22)9-10-21(15,3)19(17)11-13(2)20(14)18/h1,13-15,17-20H,5-12H2,2-3H3/t13-,14+,15?,17?,18?,19?,20?,21+/m1/s1. The number of rotatable bonds is 0. The van der Waals surface area contributed by atoms with Gasteiger partial charge in [-0.3, -0.25) is 4.79 Å². The van der Waals surface area contributed by atoms with E-state index >= 15 is 0 Å². The zero-order valence-corrected chi connectivity index (χ0v) is 14.2. The van der Waals surface area contributed by atoms with Crippen LogP contribution in [0.1, 0.15) is 65.2 Å². The Kier molecular flexibility index (Phi) is 3.44. The summed E-state index contributed by atoms with van der Waals surface area (Å²) in [5, 5.41) is 0. The van der Waals surface area contributed by atoms with E-state index in [2.05, 4.69) is 19.8 Å². The molecular formula is C21H30O. The van der Waals surface area contributed by atoms with Gasteiger partial charge in [0.15, 0.2) is 0 Å². The first-order chi connectivity index (χ1) is 10.5. The summed E-state index contributed by atoms with van der Waals surface area (Å²) in [6, 6.07) is 0. The van der Waals surface area contributed by atoms with Gasteiger partial charge in [0.2, 0.25) is 0 Å². The number of hydrogen-bond acceptors (Lipinski definition) is 1. The second kappa shape index (κ2) is 5.12. The molecule has 0 aliphatic heterocycles. The number of fused-ring (bicyclic) bond motifs is 5. The average Bonchev–Trinajstić information content (AvgIpc) is 2.94. The van der Waals surface area contributed by atoms with Gasteiger partial charge in [0, 0.05) is 18.8 Å². The van der Waals surface area contributed by atoms with Crippen molar-refractivity contribution in [3.05, 3.63) is 0 Å². The lowest BCUT2D eigenvalue weighted by Gasteiger charge is -2.59. The van der Waals surface area contributed by atoms with Gasteiger partial charge in [0.05, 0.1) is 0 Å². The third-order valence-electron chi connectivity index (χ3n) is 8.38. The fourth-order valence-corrected chi connectivity index (χ4v) is 7.31. The summed E-state index contributed by atoms with van der Waals surface area (Å²) in [6.45, 7) is 4.99. The number of terminal acetylenes is 1. The van der Waals surface area contributed by atoms with Crippen LogP contribution in [0.5, 0.6) is 0 Å². The van der Waals surface area contributed by atoms with Crippen molar-refractivity contribution in [1.82, 2.24) is 0 Å². The molecule has 5 unspecified atom stereocenters. The monoisotopic (exact) mass is 298 g/mol. The number of carbonyl (C=O) groups excluding carboxylic acids is 1. The lowest BCUT2D eigenvalue weighted by molar-refractivity contribution is -0.137. The van der Waals surface area contributed by atoms with Crippen molar-refractivity contribution in [3.8, 4) is 12.3 Å². The Labute approximate surface area is 135 Å². The van der Waals surface area contributed by atoms with E-state index in [9.17, 15) is 4.79 Å². The van der Waals surface area contributed by atoms with Crippen molar-refractivity contribution < 1.29 is 4.79 Å². The fourth-order valence-electron chi connectivity index (χ4n) is 7.31. The number of ketones is 1. The molecule has 0 N–H and O–H groups in total. The van der Waals surface area contributed by atoms with Gasteiger partial charge in [0.1, 0.15) is 5.78 Å². The summed E-state index contributed by atoms with van der Waals surface area (Å²) < 4.78 is 0. The fraction of sp³-hybridized carbons (Fsp3) is 0.857. The maximum atomic E-state index is 11.9. The molecule has 120 valence electrons. The zero-order chi connectivity index (χ0) is 15.5. The first-order valence-electron chi connectivity index (χ1n) is 9.52. The largest absolute Gasteiger partial charge is 0.300 e. The minimum absolute atomic E-state index is 0.435. The molecule has 1 nitrogen and oxygen atoms in total. The van der Waals surface area contributed by atoms with Gasteiger partial charge in [-0.05, 0) is 79.4 Å². The van der Waals surface area contributed by atoms with E-state index < -0.39 is 0 Å².